The molecule has 1 aliphatic heterocycles. The monoisotopic (exact) mass is 265 g/mol. The third kappa shape index (κ3) is 4.91. The van der Waals surface area contributed by atoms with Gasteiger partial charge in [0.25, 0.3) is 10.1 Å². The average Bonchev–Trinajstić information content (AvgIpc) is 2.45. The van der Waals surface area contributed by atoms with Crippen molar-refractivity contribution >= 4 is 16.2 Å². The molecule has 0 saturated carbocycles. The van der Waals surface area contributed by atoms with Crippen LogP contribution in [0.5, 0.6) is 0 Å². The van der Waals surface area contributed by atoms with Crippen LogP contribution in [0.4, 0.5) is 4.79 Å². The van der Waals surface area contributed by atoms with E-state index >= 15 is 0 Å². The first-order valence-electron chi connectivity index (χ1n) is 5.46. The van der Waals surface area contributed by atoms with Crippen LogP contribution in [-0.2, 0) is 19.0 Å². The van der Waals surface area contributed by atoms with Crippen LogP contribution in [0, 0.1) is 0 Å². The molecule has 1 heterocycles. The summed E-state index contributed by atoms with van der Waals surface area (Å²) in [5, 5.41) is 0. The van der Waals surface area contributed by atoms with Crippen LogP contribution < -0.4 is 0 Å². The minimum Gasteiger partial charge on any atom is -0.444 e. The highest BCUT2D eigenvalue weighted by molar-refractivity contribution is 7.86. The van der Waals surface area contributed by atoms with E-state index in [0.717, 1.165) is 6.26 Å². The Bertz CT molecular complexity index is 384. The second-order valence-electron chi connectivity index (χ2n) is 5.07. The van der Waals surface area contributed by atoms with Crippen molar-refractivity contribution in [2.75, 3.05) is 12.8 Å². The molecule has 6 nitrogen and oxygen atoms in total. The Morgan fingerprint density at radius 3 is 2.41 bits per heavy atom. The number of nitrogens with zero attached hydrogens (tertiary/aromatic N) is 1. The third-order valence-electron chi connectivity index (χ3n) is 2.11. The van der Waals surface area contributed by atoms with Gasteiger partial charge in [0.05, 0.1) is 6.26 Å². The Hall–Kier alpha value is -0.820. The molecule has 1 atom stereocenters. The fourth-order valence-corrected chi connectivity index (χ4v) is 2.17. The van der Waals surface area contributed by atoms with Crippen molar-refractivity contribution in [2.24, 2.45) is 0 Å². The van der Waals surface area contributed by atoms with Crippen molar-refractivity contribution in [1.29, 1.82) is 0 Å². The van der Waals surface area contributed by atoms with E-state index in [2.05, 4.69) is 0 Å². The van der Waals surface area contributed by atoms with Crippen molar-refractivity contribution in [3.63, 3.8) is 0 Å². The van der Waals surface area contributed by atoms with E-state index in [-0.39, 0.29) is 0 Å². The predicted octanol–water partition coefficient (Wildman–Crippen LogP) is 1.32. The van der Waals surface area contributed by atoms with E-state index < -0.39 is 28.0 Å². The maximum absolute atomic E-state index is 11.8. The number of rotatable bonds is 2. The lowest BCUT2D eigenvalue weighted by Crippen LogP contribution is -2.41. The van der Waals surface area contributed by atoms with E-state index in [1.807, 2.05) is 0 Å². The second kappa shape index (κ2) is 4.81. The zero-order valence-electron chi connectivity index (χ0n) is 10.6. The van der Waals surface area contributed by atoms with Gasteiger partial charge < -0.3 is 4.74 Å². The minimum atomic E-state index is -3.57. The number of hydrogen-bond acceptors (Lipinski definition) is 5. The van der Waals surface area contributed by atoms with Gasteiger partial charge in [-0.1, -0.05) is 0 Å². The van der Waals surface area contributed by atoms with E-state index in [4.69, 9.17) is 8.92 Å². The van der Waals surface area contributed by atoms with Crippen LogP contribution in [0.25, 0.3) is 0 Å². The lowest BCUT2D eigenvalue weighted by molar-refractivity contribution is -0.00299. The third-order valence-corrected chi connectivity index (χ3v) is 2.68. The summed E-state index contributed by atoms with van der Waals surface area (Å²) in [5.41, 5.74) is -0.602. The van der Waals surface area contributed by atoms with Crippen LogP contribution in [0.2, 0.25) is 0 Å². The number of amides is 1. The molecule has 1 rings (SSSR count). The molecule has 1 aliphatic rings. The van der Waals surface area contributed by atoms with Crippen LogP contribution in [0.15, 0.2) is 0 Å². The van der Waals surface area contributed by atoms with E-state index in [0.29, 0.717) is 19.4 Å². The summed E-state index contributed by atoms with van der Waals surface area (Å²) < 4.78 is 32.1. The maximum atomic E-state index is 11.8. The van der Waals surface area contributed by atoms with Crippen molar-refractivity contribution in [1.82, 2.24) is 4.90 Å². The van der Waals surface area contributed by atoms with Gasteiger partial charge in [0.2, 0.25) is 0 Å². The number of carbonyl (C=O) groups is 1. The van der Waals surface area contributed by atoms with Gasteiger partial charge in [0.15, 0.2) is 6.23 Å². The molecule has 0 unspecified atom stereocenters. The first-order chi connectivity index (χ1) is 7.58. The molecule has 7 heteroatoms. The molecule has 0 aromatic heterocycles. The Morgan fingerprint density at radius 1 is 1.35 bits per heavy atom. The maximum Gasteiger partial charge on any atom is 0.412 e. The zero-order chi connectivity index (χ0) is 13.3. The zero-order valence-corrected chi connectivity index (χ0v) is 11.4. The number of hydrogen-bond donors (Lipinski definition) is 0. The van der Waals surface area contributed by atoms with Gasteiger partial charge in [0, 0.05) is 6.54 Å². The molecule has 1 amide bonds. The molecule has 0 spiro atoms. The first kappa shape index (κ1) is 14.2. The van der Waals surface area contributed by atoms with Gasteiger partial charge >= 0.3 is 6.09 Å². The number of ether oxygens (including phenoxy) is 1. The molecular weight excluding hydrogens is 246 g/mol. The second-order valence-corrected chi connectivity index (χ2v) is 6.67. The summed E-state index contributed by atoms with van der Waals surface area (Å²) in [6, 6.07) is 0. The molecule has 0 radical (unpaired) electrons. The fourth-order valence-electron chi connectivity index (χ4n) is 1.57. The van der Waals surface area contributed by atoms with Gasteiger partial charge in [-0.3, -0.25) is 4.90 Å². The Labute approximate surface area is 102 Å². The van der Waals surface area contributed by atoms with Gasteiger partial charge in [0.1, 0.15) is 5.60 Å². The summed E-state index contributed by atoms with van der Waals surface area (Å²) in [5.74, 6) is 0. The van der Waals surface area contributed by atoms with Crippen molar-refractivity contribution < 1.29 is 22.1 Å². The molecule has 0 aromatic rings. The van der Waals surface area contributed by atoms with Crippen molar-refractivity contribution in [3.05, 3.63) is 0 Å². The molecule has 0 N–H and O–H groups in total. The summed E-state index contributed by atoms with van der Waals surface area (Å²) in [7, 11) is -3.57. The summed E-state index contributed by atoms with van der Waals surface area (Å²) in [4.78, 5) is 13.1. The van der Waals surface area contributed by atoms with E-state index in [9.17, 15) is 13.2 Å². The summed E-state index contributed by atoms with van der Waals surface area (Å²) in [6.45, 7) is 5.73. The Balaban J connectivity index is 2.66. The Morgan fingerprint density at radius 2 is 1.94 bits per heavy atom. The lowest BCUT2D eigenvalue weighted by Gasteiger charge is -2.27. The van der Waals surface area contributed by atoms with Crippen LogP contribution >= 0.6 is 0 Å². The van der Waals surface area contributed by atoms with Gasteiger partial charge in [-0.05, 0) is 33.6 Å². The van der Waals surface area contributed by atoms with Crippen LogP contribution in [-0.4, -0.2) is 44.0 Å². The SMILES string of the molecule is CC(C)(C)OC(=O)N1CCC[C@H]1OS(C)(=O)=O. The highest BCUT2D eigenvalue weighted by Gasteiger charge is 2.34. The molecule has 17 heavy (non-hydrogen) atoms. The number of likely N-dealkylation sites (tertiary alicyclic amines) is 1. The summed E-state index contributed by atoms with van der Waals surface area (Å²) >= 11 is 0. The van der Waals surface area contributed by atoms with Gasteiger partial charge in [-0.15, -0.1) is 0 Å². The minimum absolute atomic E-state index is 0.453. The van der Waals surface area contributed by atoms with E-state index in [1.54, 1.807) is 20.8 Å². The lowest BCUT2D eigenvalue weighted by atomic mass is 10.2. The predicted molar refractivity (Wildman–Crippen MR) is 61.9 cm³/mol. The molecular formula is C10H19NO5S. The number of carbonyl (C=O) groups excluding carboxylic acids is 1. The van der Waals surface area contributed by atoms with Crippen LogP contribution in [0.3, 0.4) is 0 Å². The molecule has 100 valence electrons. The summed E-state index contributed by atoms with van der Waals surface area (Å²) in [6.07, 6.45) is 0.910. The highest BCUT2D eigenvalue weighted by Crippen LogP contribution is 2.22. The molecule has 0 aromatic carbocycles. The fraction of sp³-hybridized carbons (Fsp3) is 0.900. The molecule has 1 saturated heterocycles. The highest BCUT2D eigenvalue weighted by atomic mass is 32.2. The van der Waals surface area contributed by atoms with Gasteiger partial charge in [-0.25, -0.2) is 8.98 Å². The van der Waals surface area contributed by atoms with Crippen molar-refractivity contribution in [2.45, 2.75) is 45.4 Å². The standard InChI is InChI=1S/C10H19NO5S/c1-10(2,3)15-9(12)11-7-5-6-8(11)16-17(4,13)14/h8H,5-7H2,1-4H3/t8-/m1/s1. The topological polar surface area (TPSA) is 72.9 Å². The molecule has 1 fully saturated rings. The molecule has 0 aliphatic carbocycles. The normalized spacial score (nSPS) is 21.6. The van der Waals surface area contributed by atoms with Crippen molar-refractivity contribution in [3.8, 4) is 0 Å². The smallest absolute Gasteiger partial charge is 0.412 e. The largest absolute Gasteiger partial charge is 0.444 e. The van der Waals surface area contributed by atoms with Crippen LogP contribution in [0.1, 0.15) is 33.6 Å². The molecule has 0 bridgehead atoms. The quantitative estimate of drug-likeness (QED) is 0.704. The Kier molecular flexibility index (Phi) is 4.03. The first-order valence-corrected chi connectivity index (χ1v) is 7.28. The van der Waals surface area contributed by atoms with E-state index in [1.165, 1.54) is 4.90 Å². The van der Waals surface area contributed by atoms with Gasteiger partial charge in [-0.2, -0.15) is 8.42 Å². The average molecular weight is 265 g/mol.